The third-order valence-corrected chi connectivity index (χ3v) is 0.928. The van der Waals surface area contributed by atoms with Crippen LogP contribution in [0, 0.1) is 0 Å². The topological polar surface area (TPSA) is 58.6 Å². The zero-order chi connectivity index (χ0) is 7.82. The lowest BCUT2D eigenvalue weighted by molar-refractivity contribution is -0.122. The molecular formula is C6H13NO3. The molecule has 0 saturated heterocycles. The second kappa shape index (κ2) is 6.51. The largest absolute Gasteiger partial charge is 0.394 e. The highest BCUT2D eigenvalue weighted by molar-refractivity contribution is 5.75. The number of hydrogen-bond acceptors (Lipinski definition) is 3. The van der Waals surface area contributed by atoms with Crippen molar-refractivity contribution in [2.45, 2.75) is 13.3 Å². The van der Waals surface area contributed by atoms with E-state index >= 15 is 0 Å². The van der Waals surface area contributed by atoms with Gasteiger partial charge in [0.05, 0.1) is 13.2 Å². The first-order valence-corrected chi connectivity index (χ1v) is 3.26. The van der Waals surface area contributed by atoms with E-state index in [4.69, 9.17) is 9.84 Å². The lowest BCUT2D eigenvalue weighted by Crippen LogP contribution is -2.25. The molecule has 2 N–H and O–H groups in total. The molecule has 0 atom stereocenters. The zero-order valence-electron chi connectivity index (χ0n) is 6.09. The van der Waals surface area contributed by atoms with Crippen LogP contribution < -0.4 is 5.32 Å². The van der Waals surface area contributed by atoms with Crippen LogP contribution in [0.15, 0.2) is 0 Å². The molecule has 60 valence electrons. The van der Waals surface area contributed by atoms with E-state index in [0.29, 0.717) is 6.42 Å². The Labute approximate surface area is 60.2 Å². The fraction of sp³-hybridized carbons (Fsp3) is 0.833. The number of aliphatic hydroxyl groups is 1. The molecule has 0 aromatic rings. The molecule has 4 nitrogen and oxygen atoms in total. The number of nitrogens with one attached hydrogen (secondary N) is 1. The molecule has 0 radical (unpaired) electrons. The summed E-state index contributed by atoms with van der Waals surface area (Å²) in [6, 6.07) is 0. The maximum atomic E-state index is 10.5. The van der Waals surface area contributed by atoms with Crippen molar-refractivity contribution in [1.82, 2.24) is 5.32 Å². The number of rotatable bonds is 5. The molecule has 0 aliphatic carbocycles. The molecule has 0 aromatic heterocycles. The lowest BCUT2D eigenvalue weighted by atomic mass is 10.5. The maximum Gasteiger partial charge on any atom is 0.221 e. The third kappa shape index (κ3) is 5.53. The van der Waals surface area contributed by atoms with E-state index in [0.717, 1.165) is 0 Å². The number of amides is 1. The molecule has 0 aromatic carbocycles. The molecule has 1 amide bonds. The maximum absolute atomic E-state index is 10.5. The minimum absolute atomic E-state index is 0.0119. The van der Waals surface area contributed by atoms with Gasteiger partial charge in [-0.15, -0.1) is 0 Å². The zero-order valence-corrected chi connectivity index (χ0v) is 6.09. The van der Waals surface area contributed by atoms with Crippen molar-refractivity contribution in [3.05, 3.63) is 0 Å². The van der Waals surface area contributed by atoms with E-state index in [1.54, 1.807) is 6.92 Å². The van der Waals surface area contributed by atoms with Gasteiger partial charge in [0.15, 0.2) is 0 Å². The van der Waals surface area contributed by atoms with Crippen molar-refractivity contribution < 1.29 is 14.6 Å². The molecule has 4 heteroatoms. The van der Waals surface area contributed by atoms with E-state index in [2.05, 4.69) is 5.32 Å². The van der Waals surface area contributed by atoms with Crippen LogP contribution in [0.1, 0.15) is 13.3 Å². The van der Waals surface area contributed by atoms with Gasteiger partial charge in [-0.25, -0.2) is 0 Å². The fourth-order valence-electron chi connectivity index (χ4n) is 0.393. The molecule has 0 heterocycles. The minimum atomic E-state index is -0.0436. The Morgan fingerprint density at radius 2 is 2.40 bits per heavy atom. The molecule has 0 saturated carbocycles. The van der Waals surface area contributed by atoms with Gasteiger partial charge < -0.3 is 15.2 Å². The van der Waals surface area contributed by atoms with Gasteiger partial charge in [0.2, 0.25) is 5.91 Å². The highest BCUT2D eigenvalue weighted by Crippen LogP contribution is 1.74. The first-order valence-electron chi connectivity index (χ1n) is 3.26. The monoisotopic (exact) mass is 147 g/mol. The van der Waals surface area contributed by atoms with Crippen molar-refractivity contribution in [2.75, 3.05) is 19.9 Å². The minimum Gasteiger partial charge on any atom is -0.394 e. The Hall–Kier alpha value is -0.610. The Balaban J connectivity index is 2.96. The van der Waals surface area contributed by atoms with Gasteiger partial charge in [0, 0.05) is 6.42 Å². The summed E-state index contributed by atoms with van der Waals surface area (Å²) in [5, 5.41) is 10.7. The van der Waals surface area contributed by atoms with Gasteiger partial charge in [-0.3, -0.25) is 4.79 Å². The smallest absolute Gasteiger partial charge is 0.221 e. The van der Waals surface area contributed by atoms with Crippen molar-refractivity contribution in [3.63, 3.8) is 0 Å². The van der Waals surface area contributed by atoms with Gasteiger partial charge in [-0.05, 0) is 0 Å². The van der Waals surface area contributed by atoms with E-state index in [-0.39, 0.29) is 25.9 Å². The lowest BCUT2D eigenvalue weighted by Gasteiger charge is -2.02. The van der Waals surface area contributed by atoms with Crippen LogP contribution in [-0.4, -0.2) is 31.0 Å². The summed E-state index contributed by atoms with van der Waals surface area (Å²) in [7, 11) is 0. The summed E-state index contributed by atoms with van der Waals surface area (Å²) in [5.74, 6) is -0.0436. The van der Waals surface area contributed by atoms with E-state index in [1.165, 1.54) is 0 Å². The number of aliphatic hydroxyl groups excluding tert-OH is 1. The highest BCUT2D eigenvalue weighted by atomic mass is 16.5. The van der Waals surface area contributed by atoms with Crippen LogP contribution in [0.3, 0.4) is 0 Å². The SMILES string of the molecule is CCC(=O)NCOCCO. The second-order valence-electron chi connectivity index (χ2n) is 1.73. The average molecular weight is 147 g/mol. The molecule has 0 spiro atoms. The Kier molecular flexibility index (Phi) is 6.11. The first-order chi connectivity index (χ1) is 4.81. The summed E-state index contributed by atoms with van der Waals surface area (Å²) in [6.07, 6.45) is 0.461. The predicted molar refractivity (Wildman–Crippen MR) is 36.3 cm³/mol. The highest BCUT2D eigenvalue weighted by Gasteiger charge is 1.92. The predicted octanol–water partition coefficient (Wildman–Crippen LogP) is -0.521. The Morgan fingerprint density at radius 1 is 1.70 bits per heavy atom. The average Bonchev–Trinajstić information content (AvgIpc) is 1.98. The van der Waals surface area contributed by atoms with Crippen LogP contribution in [0.5, 0.6) is 0 Å². The van der Waals surface area contributed by atoms with Crippen LogP contribution >= 0.6 is 0 Å². The summed E-state index contributed by atoms with van der Waals surface area (Å²) >= 11 is 0. The molecule has 0 aliphatic heterocycles. The van der Waals surface area contributed by atoms with E-state index in [9.17, 15) is 4.79 Å². The van der Waals surface area contributed by atoms with Gasteiger partial charge in [0.25, 0.3) is 0 Å². The Bertz CT molecular complexity index is 95.0. The molecule has 10 heavy (non-hydrogen) atoms. The van der Waals surface area contributed by atoms with E-state index in [1.807, 2.05) is 0 Å². The van der Waals surface area contributed by atoms with Crippen molar-refractivity contribution >= 4 is 5.91 Å². The number of hydrogen-bond donors (Lipinski definition) is 2. The summed E-state index contributed by atoms with van der Waals surface area (Å²) in [4.78, 5) is 10.5. The normalized spacial score (nSPS) is 9.40. The number of carbonyl (C=O) groups is 1. The molecular weight excluding hydrogens is 134 g/mol. The molecule has 0 unspecified atom stereocenters. The fourth-order valence-corrected chi connectivity index (χ4v) is 0.393. The first kappa shape index (κ1) is 9.39. The van der Waals surface area contributed by atoms with Gasteiger partial charge in [-0.2, -0.15) is 0 Å². The third-order valence-electron chi connectivity index (χ3n) is 0.928. The standard InChI is InChI=1S/C6H13NO3/c1-2-6(9)7-5-10-4-3-8/h8H,2-5H2,1H3,(H,7,9). The van der Waals surface area contributed by atoms with Crippen molar-refractivity contribution in [2.24, 2.45) is 0 Å². The van der Waals surface area contributed by atoms with Crippen LogP contribution in [0.2, 0.25) is 0 Å². The molecule has 0 aliphatic rings. The second-order valence-corrected chi connectivity index (χ2v) is 1.73. The molecule has 0 fully saturated rings. The van der Waals surface area contributed by atoms with Gasteiger partial charge in [-0.1, -0.05) is 6.92 Å². The van der Waals surface area contributed by atoms with E-state index < -0.39 is 0 Å². The summed E-state index contributed by atoms with van der Waals surface area (Å²) in [6.45, 7) is 2.21. The quantitative estimate of drug-likeness (QED) is 0.406. The van der Waals surface area contributed by atoms with Gasteiger partial charge in [0.1, 0.15) is 6.73 Å². The van der Waals surface area contributed by atoms with Gasteiger partial charge >= 0.3 is 0 Å². The molecule has 0 rings (SSSR count). The Morgan fingerprint density at radius 3 is 2.90 bits per heavy atom. The van der Waals surface area contributed by atoms with Crippen molar-refractivity contribution in [3.8, 4) is 0 Å². The molecule has 0 bridgehead atoms. The van der Waals surface area contributed by atoms with Crippen LogP contribution in [0.25, 0.3) is 0 Å². The van der Waals surface area contributed by atoms with Crippen LogP contribution in [0.4, 0.5) is 0 Å². The summed E-state index contributed by atoms with van der Waals surface area (Å²) < 4.78 is 4.77. The number of ether oxygens (including phenoxy) is 1. The van der Waals surface area contributed by atoms with Crippen LogP contribution in [-0.2, 0) is 9.53 Å². The summed E-state index contributed by atoms with van der Waals surface area (Å²) in [5.41, 5.74) is 0. The number of carbonyl (C=O) groups excluding carboxylic acids is 1. The van der Waals surface area contributed by atoms with Crippen molar-refractivity contribution in [1.29, 1.82) is 0 Å².